The molecule has 2 aromatic rings. The molecule has 2 heterocycles. The number of piperidine rings is 1. The van der Waals surface area contributed by atoms with Crippen LogP contribution in [0.3, 0.4) is 0 Å². The highest BCUT2D eigenvalue weighted by atomic mass is 35.5. The van der Waals surface area contributed by atoms with E-state index in [0.29, 0.717) is 10.7 Å². The minimum absolute atomic E-state index is 0. The van der Waals surface area contributed by atoms with Crippen molar-refractivity contribution >= 4 is 65.3 Å². The fraction of sp³-hybridized carbons (Fsp3) is 0.421. The van der Waals surface area contributed by atoms with Gasteiger partial charge in [0.15, 0.2) is 0 Å². The van der Waals surface area contributed by atoms with E-state index in [0.717, 1.165) is 36.8 Å². The molecule has 4 N–H and O–H groups in total. The molecular weight excluding hydrogens is 490 g/mol. The summed E-state index contributed by atoms with van der Waals surface area (Å²) in [5.41, 5.74) is 0.921. The van der Waals surface area contributed by atoms with Crippen LogP contribution in [-0.4, -0.2) is 34.5 Å². The second-order valence-electron chi connectivity index (χ2n) is 6.81. The molecule has 0 aliphatic carbocycles. The molecule has 2 atom stereocenters. The molecule has 1 aromatic carbocycles. The summed E-state index contributed by atoms with van der Waals surface area (Å²) in [5, 5.41) is 18.5. The molecule has 1 saturated heterocycles. The van der Waals surface area contributed by atoms with E-state index < -0.39 is 23.7 Å². The molecule has 0 spiro atoms. The van der Waals surface area contributed by atoms with Crippen LogP contribution < -0.4 is 16.0 Å². The number of aryl methyl sites for hydroxylation is 1. The Bertz CT molecular complexity index is 910. The van der Waals surface area contributed by atoms with Gasteiger partial charge >= 0.3 is 11.8 Å². The maximum absolute atomic E-state index is 13.3. The van der Waals surface area contributed by atoms with Crippen molar-refractivity contribution in [3.05, 3.63) is 44.6 Å². The number of benzene rings is 1. The summed E-state index contributed by atoms with van der Waals surface area (Å²) in [6.07, 6.45) is 2.87. The zero-order valence-electron chi connectivity index (χ0n) is 16.6. The summed E-state index contributed by atoms with van der Waals surface area (Å²) in [6.45, 7) is 2.48. The number of carbonyl (C=O) groups is 2. The van der Waals surface area contributed by atoms with Crippen LogP contribution in [0.2, 0.25) is 5.02 Å². The van der Waals surface area contributed by atoms with Gasteiger partial charge in [0, 0.05) is 11.7 Å². The first kappa shape index (κ1) is 27.5. The quantitative estimate of drug-likeness (QED) is 0.458. The molecule has 3 rings (SSSR count). The number of nitrogens with one attached hydrogen (secondary N) is 3. The van der Waals surface area contributed by atoms with Crippen molar-refractivity contribution in [2.24, 2.45) is 0 Å². The van der Waals surface area contributed by atoms with E-state index in [4.69, 9.17) is 11.6 Å². The standard InChI is InChI=1S/C19H22ClFN4O3S.2ClH/c1-10-15(9-26)29-19(23-10)16(14-4-2-3-7-22-14)25-18(28)17(27)24-11-5-6-13(21)12(20)8-11;;/h5-6,8,14,16,22,26H,2-4,7,9H2,1H3,(H,24,27)(H,25,28);2*1H. The van der Waals surface area contributed by atoms with Gasteiger partial charge in [0.2, 0.25) is 0 Å². The van der Waals surface area contributed by atoms with Crippen molar-refractivity contribution in [1.82, 2.24) is 15.6 Å². The third-order valence-corrected chi connectivity index (χ3v) is 6.25. The van der Waals surface area contributed by atoms with Crippen molar-refractivity contribution in [3.63, 3.8) is 0 Å². The van der Waals surface area contributed by atoms with Gasteiger partial charge in [-0.25, -0.2) is 9.37 Å². The summed E-state index contributed by atoms with van der Waals surface area (Å²) in [5.74, 6) is -2.33. The van der Waals surface area contributed by atoms with Gasteiger partial charge in [-0.15, -0.1) is 36.2 Å². The van der Waals surface area contributed by atoms with E-state index in [1.807, 2.05) is 0 Å². The van der Waals surface area contributed by atoms with Crippen LogP contribution in [0.15, 0.2) is 18.2 Å². The topological polar surface area (TPSA) is 103 Å². The van der Waals surface area contributed by atoms with Crippen LogP contribution in [-0.2, 0) is 16.2 Å². The number of aliphatic hydroxyl groups excluding tert-OH is 1. The average Bonchev–Trinajstić information content (AvgIpc) is 3.09. The lowest BCUT2D eigenvalue weighted by Gasteiger charge is -2.30. The number of halogens is 4. The normalized spacial score (nSPS) is 16.5. The molecule has 1 fully saturated rings. The van der Waals surface area contributed by atoms with Crippen molar-refractivity contribution in [3.8, 4) is 0 Å². The molecule has 1 aliphatic rings. The zero-order chi connectivity index (χ0) is 21.0. The fourth-order valence-corrected chi connectivity index (χ4v) is 4.42. The van der Waals surface area contributed by atoms with E-state index >= 15 is 0 Å². The van der Waals surface area contributed by atoms with Crippen molar-refractivity contribution in [2.75, 3.05) is 11.9 Å². The number of rotatable bonds is 5. The smallest absolute Gasteiger partial charge is 0.313 e. The van der Waals surface area contributed by atoms with E-state index in [-0.39, 0.29) is 48.2 Å². The van der Waals surface area contributed by atoms with Crippen molar-refractivity contribution < 1.29 is 19.1 Å². The number of hydrogen-bond donors (Lipinski definition) is 4. The first-order valence-electron chi connectivity index (χ1n) is 9.26. The van der Waals surface area contributed by atoms with Gasteiger partial charge in [0.25, 0.3) is 0 Å². The second-order valence-corrected chi connectivity index (χ2v) is 8.33. The Kier molecular flexibility index (Phi) is 11.1. The average molecular weight is 514 g/mol. The Labute approximate surface area is 201 Å². The summed E-state index contributed by atoms with van der Waals surface area (Å²) in [4.78, 5) is 30.1. The fourth-order valence-electron chi connectivity index (χ4n) is 3.20. The molecular formula is C19H24Cl3FN4O3S. The monoisotopic (exact) mass is 512 g/mol. The molecule has 172 valence electrons. The van der Waals surface area contributed by atoms with Crippen LogP contribution in [0, 0.1) is 12.7 Å². The third kappa shape index (κ3) is 7.00. The Morgan fingerprint density at radius 3 is 2.68 bits per heavy atom. The molecule has 12 heteroatoms. The highest BCUT2D eigenvalue weighted by Crippen LogP contribution is 2.29. The summed E-state index contributed by atoms with van der Waals surface area (Å²) < 4.78 is 13.3. The predicted octanol–water partition coefficient (Wildman–Crippen LogP) is 3.52. The number of hydrogen-bond acceptors (Lipinski definition) is 6. The zero-order valence-corrected chi connectivity index (χ0v) is 19.8. The van der Waals surface area contributed by atoms with E-state index in [2.05, 4.69) is 20.9 Å². The van der Waals surface area contributed by atoms with Crippen LogP contribution >= 0.6 is 47.8 Å². The highest BCUT2D eigenvalue weighted by Gasteiger charge is 2.31. The third-order valence-electron chi connectivity index (χ3n) is 4.74. The van der Waals surface area contributed by atoms with Gasteiger partial charge in [0.1, 0.15) is 10.8 Å². The molecule has 0 bridgehead atoms. The Hall–Kier alpha value is -1.49. The predicted molar refractivity (Wildman–Crippen MR) is 124 cm³/mol. The van der Waals surface area contributed by atoms with Crippen molar-refractivity contribution in [1.29, 1.82) is 0 Å². The molecule has 1 aliphatic heterocycles. The largest absolute Gasteiger partial charge is 0.391 e. The van der Waals surface area contributed by atoms with Gasteiger partial charge in [-0.2, -0.15) is 0 Å². The van der Waals surface area contributed by atoms with Gasteiger partial charge in [-0.1, -0.05) is 18.0 Å². The number of nitrogens with zero attached hydrogens (tertiary/aromatic N) is 1. The minimum Gasteiger partial charge on any atom is -0.391 e. The van der Waals surface area contributed by atoms with Crippen LogP contribution in [0.5, 0.6) is 0 Å². The number of carbonyl (C=O) groups excluding carboxylic acids is 2. The van der Waals surface area contributed by atoms with Gasteiger partial charge in [0.05, 0.1) is 28.2 Å². The number of amides is 2. The second kappa shape index (κ2) is 12.5. The summed E-state index contributed by atoms with van der Waals surface area (Å²) >= 11 is 7.03. The molecule has 0 saturated carbocycles. The van der Waals surface area contributed by atoms with Gasteiger partial charge < -0.3 is 21.1 Å². The van der Waals surface area contributed by atoms with E-state index in [9.17, 15) is 19.1 Å². The molecule has 0 radical (unpaired) electrons. The van der Waals surface area contributed by atoms with Crippen molar-refractivity contribution in [2.45, 2.75) is 44.9 Å². The maximum atomic E-state index is 13.3. The van der Waals surface area contributed by atoms with E-state index in [1.165, 1.54) is 23.5 Å². The molecule has 2 amide bonds. The van der Waals surface area contributed by atoms with Crippen LogP contribution in [0.25, 0.3) is 0 Å². The summed E-state index contributed by atoms with van der Waals surface area (Å²) in [6, 6.07) is 3.09. The maximum Gasteiger partial charge on any atom is 0.313 e. The number of thiazole rings is 1. The summed E-state index contributed by atoms with van der Waals surface area (Å²) in [7, 11) is 0. The first-order valence-corrected chi connectivity index (χ1v) is 10.5. The first-order chi connectivity index (χ1) is 13.9. The Morgan fingerprint density at radius 2 is 2.10 bits per heavy atom. The Morgan fingerprint density at radius 1 is 1.35 bits per heavy atom. The molecule has 2 unspecified atom stereocenters. The lowest BCUT2D eigenvalue weighted by atomic mass is 9.98. The number of aliphatic hydroxyl groups is 1. The van der Waals surface area contributed by atoms with E-state index in [1.54, 1.807) is 6.92 Å². The molecule has 31 heavy (non-hydrogen) atoms. The van der Waals surface area contributed by atoms with Gasteiger partial charge in [-0.05, 0) is 44.5 Å². The van der Waals surface area contributed by atoms with Crippen LogP contribution in [0.1, 0.15) is 40.9 Å². The highest BCUT2D eigenvalue weighted by molar-refractivity contribution is 7.11. The Balaban J connectivity index is 0.00000240. The number of aromatic nitrogens is 1. The number of anilines is 1. The minimum atomic E-state index is -0.885. The van der Waals surface area contributed by atoms with Gasteiger partial charge in [-0.3, -0.25) is 9.59 Å². The molecule has 1 aromatic heterocycles. The lowest BCUT2D eigenvalue weighted by molar-refractivity contribution is -0.136. The SMILES string of the molecule is Cc1nc(C(NC(=O)C(=O)Nc2ccc(F)c(Cl)c2)C2CCCCN2)sc1CO.Cl.Cl. The lowest BCUT2D eigenvalue weighted by Crippen LogP contribution is -2.48. The van der Waals surface area contributed by atoms with Crippen LogP contribution in [0.4, 0.5) is 10.1 Å². The molecule has 7 nitrogen and oxygen atoms in total.